The standard InChI is InChI=1S/C27H50N2O2/c1-2-3-4-5-6-7-8-9-10-11-12-13-14-15-16-19-24-31-26-21-23-29(25-26)27(30)20-17-18-22-28/h6-7,9-10,26H,2-5,8,11-25,28H2,1H3/b7-6-,10-9-/t26-/m0/s1. The van der Waals surface area contributed by atoms with E-state index in [9.17, 15) is 4.79 Å². The van der Waals surface area contributed by atoms with Crippen LogP contribution in [0.3, 0.4) is 0 Å². The van der Waals surface area contributed by atoms with Crippen LogP contribution in [0.15, 0.2) is 24.3 Å². The summed E-state index contributed by atoms with van der Waals surface area (Å²) in [6.07, 6.45) is 28.2. The lowest BCUT2D eigenvalue weighted by Crippen LogP contribution is -2.30. The molecule has 0 aromatic carbocycles. The Morgan fingerprint density at radius 2 is 1.58 bits per heavy atom. The smallest absolute Gasteiger partial charge is 0.222 e. The van der Waals surface area contributed by atoms with Gasteiger partial charge in [0.2, 0.25) is 5.91 Å². The molecule has 0 radical (unpaired) electrons. The monoisotopic (exact) mass is 434 g/mol. The maximum atomic E-state index is 12.1. The maximum absolute atomic E-state index is 12.1. The van der Waals surface area contributed by atoms with Crippen molar-refractivity contribution in [3.05, 3.63) is 24.3 Å². The molecule has 0 bridgehead atoms. The molecular formula is C27H50N2O2. The number of ether oxygens (including phenoxy) is 1. The molecule has 1 rings (SSSR count). The number of carbonyl (C=O) groups is 1. The molecule has 1 heterocycles. The molecular weight excluding hydrogens is 384 g/mol. The summed E-state index contributed by atoms with van der Waals surface area (Å²) in [7, 11) is 0. The van der Waals surface area contributed by atoms with Crippen LogP contribution in [0.5, 0.6) is 0 Å². The van der Waals surface area contributed by atoms with Gasteiger partial charge in [0.1, 0.15) is 0 Å². The Morgan fingerprint density at radius 1 is 0.903 bits per heavy atom. The van der Waals surface area contributed by atoms with Crippen molar-refractivity contribution in [2.45, 2.75) is 116 Å². The molecule has 1 amide bonds. The molecule has 1 fully saturated rings. The molecule has 4 heteroatoms. The zero-order chi connectivity index (χ0) is 22.4. The summed E-state index contributed by atoms with van der Waals surface area (Å²) in [6.45, 7) is 5.41. The number of allylic oxidation sites excluding steroid dienone is 4. The van der Waals surface area contributed by atoms with Gasteiger partial charge in [-0.2, -0.15) is 0 Å². The quantitative estimate of drug-likeness (QED) is 0.175. The van der Waals surface area contributed by atoms with E-state index < -0.39 is 0 Å². The van der Waals surface area contributed by atoms with Gasteiger partial charge in [0.25, 0.3) is 0 Å². The SMILES string of the molecule is CCCCC/C=C\C/C=C\CCCCCCCCO[C@H]1CCN(C(=O)CCCCN)C1. The molecule has 180 valence electrons. The number of rotatable bonds is 20. The molecule has 1 atom stereocenters. The largest absolute Gasteiger partial charge is 0.376 e. The van der Waals surface area contributed by atoms with Gasteiger partial charge in [0.15, 0.2) is 0 Å². The average molecular weight is 435 g/mol. The van der Waals surface area contributed by atoms with Crippen molar-refractivity contribution in [2.75, 3.05) is 26.2 Å². The summed E-state index contributed by atoms with van der Waals surface area (Å²) in [5.41, 5.74) is 5.50. The zero-order valence-electron chi connectivity index (χ0n) is 20.4. The maximum Gasteiger partial charge on any atom is 0.222 e. The average Bonchev–Trinajstić information content (AvgIpc) is 3.25. The molecule has 31 heavy (non-hydrogen) atoms. The Bertz CT molecular complexity index is 476. The highest BCUT2D eigenvalue weighted by molar-refractivity contribution is 5.76. The third kappa shape index (κ3) is 16.2. The molecule has 1 saturated heterocycles. The highest BCUT2D eigenvalue weighted by Gasteiger charge is 2.26. The number of hydrogen-bond acceptors (Lipinski definition) is 3. The van der Waals surface area contributed by atoms with Crippen molar-refractivity contribution >= 4 is 5.91 Å². The lowest BCUT2D eigenvalue weighted by atomic mass is 10.1. The highest BCUT2D eigenvalue weighted by atomic mass is 16.5. The Balaban J connectivity index is 1.85. The van der Waals surface area contributed by atoms with Crippen LogP contribution < -0.4 is 5.73 Å². The first-order chi connectivity index (χ1) is 15.3. The van der Waals surface area contributed by atoms with Gasteiger partial charge in [-0.15, -0.1) is 0 Å². The van der Waals surface area contributed by atoms with Crippen LogP contribution in [-0.2, 0) is 9.53 Å². The van der Waals surface area contributed by atoms with Gasteiger partial charge in [0.05, 0.1) is 6.10 Å². The van der Waals surface area contributed by atoms with E-state index >= 15 is 0 Å². The van der Waals surface area contributed by atoms with E-state index in [1.165, 1.54) is 64.2 Å². The van der Waals surface area contributed by atoms with Gasteiger partial charge in [-0.25, -0.2) is 0 Å². The number of carbonyl (C=O) groups excluding carboxylic acids is 1. The Morgan fingerprint density at radius 3 is 2.29 bits per heavy atom. The molecule has 1 aliphatic rings. The number of nitrogens with two attached hydrogens (primary N) is 1. The molecule has 2 N–H and O–H groups in total. The molecule has 4 nitrogen and oxygen atoms in total. The minimum Gasteiger partial charge on any atom is -0.376 e. The van der Waals surface area contributed by atoms with Gasteiger partial charge in [-0.3, -0.25) is 4.79 Å². The van der Waals surface area contributed by atoms with Crippen LogP contribution in [0.1, 0.15) is 110 Å². The zero-order valence-corrected chi connectivity index (χ0v) is 20.4. The predicted octanol–water partition coefficient (Wildman–Crippen LogP) is 6.55. The molecule has 0 aromatic heterocycles. The van der Waals surface area contributed by atoms with Crippen molar-refractivity contribution in [2.24, 2.45) is 5.73 Å². The van der Waals surface area contributed by atoms with E-state index in [2.05, 4.69) is 31.2 Å². The topological polar surface area (TPSA) is 55.6 Å². The molecule has 0 aromatic rings. The molecule has 0 spiro atoms. The van der Waals surface area contributed by atoms with Gasteiger partial charge < -0.3 is 15.4 Å². The van der Waals surface area contributed by atoms with Crippen molar-refractivity contribution in [1.82, 2.24) is 4.90 Å². The van der Waals surface area contributed by atoms with Crippen LogP contribution in [0.4, 0.5) is 0 Å². The third-order valence-electron chi connectivity index (χ3n) is 6.04. The summed E-state index contributed by atoms with van der Waals surface area (Å²) in [5.74, 6) is 0.272. The first kappa shape index (κ1) is 27.9. The highest BCUT2D eigenvalue weighted by Crippen LogP contribution is 2.16. The van der Waals surface area contributed by atoms with Crippen LogP contribution >= 0.6 is 0 Å². The number of hydrogen-bond donors (Lipinski definition) is 1. The lowest BCUT2D eigenvalue weighted by Gasteiger charge is -2.16. The number of amides is 1. The summed E-state index contributed by atoms with van der Waals surface area (Å²) in [5, 5.41) is 0. The van der Waals surface area contributed by atoms with Crippen LogP contribution in [0.2, 0.25) is 0 Å². The second-order valence-electron chi connectivity index (χ2n) is 8.95. The van der Waals surface area contributed by atoms with Gasteiger partial charge in [-0.05, 0) is 64.3 Å². The van der Waals surface area contributed by atoms with E-state index in [1.807, 2.05) is 4.90 Å². The Kier molecular flexibility index (Phi) is 18.7. The van der Waals surface area contributed by atoms with Crippen molar-refractivity contribution in [3.63, 3.8) is 0 Å². The number of unbranched alkanes of at least 4 members (excludes halogenated alkanes) is 10. The summed E-state index contributed by atoms with van der Waals surface area (Å²) < 4.78 is 6.00. The van der Waals surface area contributed by atoms with E-state index in [0.29, 0.717) is 13.0 Å². The minimum atomic E-state index is 0.247. The van der Waals surface area contributed by atoms with Gasteiger partial charge in [0, 0.05) is 26.1 Å². The van der Waals surface area contributed by atoms with Crippen LogP contribution in [0, 0.1) is 0 Å². The van der Waals surface area contributed by atoms with Crippen molar-refractivity contribution < 1.29 is 9.53 Å². The fourth-order valence-corrected chi connectivity index (χ4v) is 4.01. The van der Waals surface area contributed by atoms with Crippen molar-refractivity contribution in [1.29, 1.82) is 0 Å². The van der Waals surface area contributed by atoms with E-state index in [1.54, 1.807) is 0 Å². The predicted molar refractivity (Wildman–Crippen MR) is 133 cm³/mol. The van der Waals surface area contributed by atoms with Gasteiger partial charge in [-0.1, -0.05) is 69.8 Å². The molecule has 0 aliphatic carbocycles. The van der Waals surface area contributed by atoms with E-state index in [-0.39, 0.29) is 12.0 Å². The first-order valence-electron chi connectivity index (χ1n) is 13.2. The minimum absolute atomic E-state index is 0.247. The normalized spacial score (nSPS) is 16.8. The number of nitrogens with zero attached hydrogens (tertiary/aromatic N) is 1. The second-order valence-corrected chi connectivity index (χ2v) is 8.95. The second kappa shape index (κ2) is 20.8. The first-order valence-corrected chi connectivity index (χ1v) is 13.2. The van der Waals surface area contributed by atoms with Gasteiger partial charge >= 0.3 is 0 Å². The third-order valence-corrected chi connectivity index (χ3v) is 6.04. The van der Waals surface area contributed by atoms with E-state index in [4.69, 9.17) is 10.5 Å². The summed E-state index contributed by atoms with van der Waals surface area (Å²) >= 11 is 0. The van der Waals surface area contributed by atoms with Crippen LogP contribution in [0.25, 0.3) is 0 Å². The fraction of sp³-hybridized carbons (Fsp3) is 0.815. The molecule has 0 unspecified atom stereocenters. The Hall–Kier alpha value is -1.13. The lowest BCUT2D eigenvalue weighted by molar-refractivity contribution is -0.130. The number of likely N-dealkylation sites (tertiary alicyclic amines) is 1. The molecule has 1 aliphatic heterocycles. The van der Waals surface area contributed by atoms with Crippen LogP contribution in [-0.4, -0.2) is 43.2 Å². The molecule has 0 saturated carbocycles. The van der Waals surface area contributed by atoms with E-state index in [0.717, 1.165) is 51.8 Å². The summed E-state index contributed by atoms with van der Waals surface area (Å²) in [4.78, 5) is 14.1. The van der Waals surface area contributed by atoms with Crippen molar-refractivity contribution in [3.8, 4) is 0 Å². The Labute approximate surface area is 192 Å². The fourth-order valence-electron chi connectivity index (χ4n) is 4.01. The summed E-state index contributed by atoms with van der Waals surface area (Å²) in [6, 6.07) is 0.